The summed E-state index contributed by atoms with van der Waals surface area (Å²) in [4.78, 5) is 21.5. The van der Waals surface area contributed by atoms with Crippen molar-refractivity contribution in [1.29, 1.82) is 0 Å². The molecule has 0 radical (unpaired) electrons. The number of ether oxygens (including phenoxy) is 1. The maximum Gasteiger partial charge on any atom is 0.229 e. The first kappa shape index (κ1) is 21.0. The van der Waals surface area contributed by atoms with Crippen LogP contribution in [-0.4, -0.2) is 48.7 Å². The van der Waals surface area contributed by atoms with E-state index in [0.29, 0.717) is 23.3 Å². The summed E-state index contributed by atoms with van der Waals surface area (Å²) >= 11 is 6.41. The molecule has 2 aliphatic rings. The van der Waals surface area contributed by atoms with Crippen molar-refractivity contribution in [3.8, 4) is 11.3 Å². The van der Waals surface area contributed by atoms with E-state index in [2.05, 4.69) is 20.9 Å². The van der Waals surface area contributed by atoms with Gasteiger partial charge in [-0.3, -0.25) is 4.79 Å². The molecule has 2 saturated heterocycles. The number of piperidine rings is 1. The van der Waals surface area contributed by atoms with Crippen LogP contribution in [0.5, 0.6) is 0 Å². The molecule has 0 unspecified atom stereocenters. The Morgan fingerprint density at radius 3 is 2.90 bits per heavy atom. The fourth-order valence-corrected chi connectivity index (χ4v) is 4.09. The van der Waals surface area contributed by atoms with Gasteiger partial charge in [0.15, 0.2) is 0 Å². The van der Waals surface area contributed by atoms with Gasteiger partial charge in [0, 0.05) is 38.1 Å². The van der Waals surface area contributed by atoms with Crippen molar-refractivity contribution in [1.82, 2.24) is 15.3 Å². The summed E-state index contributed by atoms with van der Waals surface area (Å²) in [5.74, 6) is 1.86. The van der Waals surface area contributed by atoms with Gasteiger partial charge in [-0.25, -0.2) is 9.97 Å². The standard InChI is InChI=1S/C22H28ClN5O2/c23-18-14-26-21(28-22(29)16-3-2-8-24-13-16)11-17(18)19-4-1-5-20(27-19)25-12-15-6-9-30-10-7-15/h1,4-5,11,14-16,24H,2-3,6-10,12-13H2,(H,25,27)(H,26,28,29)/t16-/m0/s1. The van der Waals surface area contributed by atoms with E-state index in [1.165, 1.54) is 0 Å². The highest BCUT2D eigenvalue weighted by Gasteiger charge is 2.21. The number of anilines is 2. The summed E-state index contributed by atoms with van der Waals surface area (Å²) in [6.45, 7) is 4.21. The number of amides is 1. The molecule has 0 spiro atoms. The molecule has 0 saturated carbocycles. The third kappa shape index (κ3) is 5.47. The van der Waals surface area contributed by atoms with E-state index in [4.69, 9.17) is 21.3 Å². The number of carbonyl (C=O) groups is 1. The molecule has 0 aromatic carbocycles. The molecule has 160 valence electrons. The van der Waals surface area contributed by atoms with Gasteiger partial charge in [0.25, 0.3) is 0 Å². The van der Waals surface area contributed by atoms with Crippen LogP contribution in [0, 0.1) is 11.8 Å². The molecular formula is C22H28ClN5O2. The Kier molecular flexibility index (Phi) is 7.15. The minimum Gasteiger partial charge on any atom is -0.381 e. The minimum atomic E-state index is -0.0319. The summed E-state index contributed by atoms with van der Waals surface area (Å²) in [6, 6.07) is 7.62. The Labute approximate surface area is 182 Å². The number of aromatic nitrogens is 2. The lowest BCUT2D eigenvalue weighted by atomic mass is 9.99. The average molecular weight is 430 g/mol. The van der Waals surface area contributed by atoms with Gasteiger partial charge in [-0.2, -0.15) is 0 Å². The summed E-state index contributed by atoms with van der Waals surface area (Å²) < 4.78 is 5.42. The van der Waals surface area contributed by atoms with Gasteiger partial charge in [-0.1, -0.05) is 17.7 Å². The number of carbonyl (C=O) groups excluding carboxylic acids is 1. The Hall–Kier alpha value is -2.22. The summed E-state index contributed by atoms with van der Waals surface area (Å²) in [6.07, 6.45) is 5.61. The van der Waals surface area contributed by atoms with Gasteiger partial charge in [-0.05, 0) is 56.3 Å². The van der Waals surface area contributed by atoms with E-state index in [0.717, 1.165) is 69.1 Å². The van der Waals surface area contributed by atoms with Crippen LogP contribution in [0.3, 0.4) is 0 Å². The van der Waals surface area contributed by atoms with Crippen LogP contribution >= 0.6 is 11.6 Å². The number of halogens is 1. The topological polar surface area (TPSA) is 88.2 Å². The van der Waals surface area contributed by atoms with Crippen molar-refractivity contribution in [2.24, 2.45) is 11.8 Å². The molecule has 3 N–H and O–H groups in total. The molecule has 2 aliphatic heterocycles. The molecule has 2 aromatic rings. The number of nitrogens with zero attached hydrogens (tertiary/aromatic N) is 2. The van der Waals surface area contributed by atoms with Gasteiger partial charge < -0.3 is 20.7 Å². The van der Waals surface area contributed by atoms with Gasteiger partial charge in [0.05, 0.1) is 16.6 Å². The Morgan fingerprint density at radius 1 is 1.23 bits per heavy atom. The van der Waals surface area contributed by atoms with Crippen LogP contribution in [0.15, 0.2) is 30.5 Å². The Balaban J connectivity index is 1.45. The minimum absolute atomic E-state index is 0.0113. The number of hydrogen-bond acceptors (Lipinski definition) is 6. The maximum absolute atomic E-state index is 12.5. The average Bonchev–Trinajstić information content (AvgIpc) is 2.80. The third-order valence-corrected chi connectivity index (χ3v) is 6.01. The number of nitrogens with one attached hydrogen (secondary N) is 3. The highest BCUT2D eigenvalue weighted by atomic mass is 35.5. The van der Waals surface area contributed by atoms with Crippen LogP contribution in [0.25, 0.3) is 11.3 Å². The van der Waals surface area contributed by atoms with Gasteiger partial charge in [0.2, 0.25) is 5.91 Å². The summed E-state index contributed by atoms with van der Waals surface area (Å²) in [5, 5.41) is 10.1. The molecule has 7 nitrogen and oxygen atoms in total. The lowest BCUT2D eigenvalue weighted by Crippen LogP contribution is -2.37. The lowest BCUT2D eigenvalue weighted by molar-refractivity contribution is -0.120. The highest BCUT2D eigenvalue weighted by Crippen LogP contribution is 2.29. The highest BCUT2D eigenvalue weighted by molar-refractivity contribution is 6.33. The second-order valence-electron chi connectivity index (χ2n) is 7.93. The predicted octanol–water partition coefficient (Wildman–Crippen LogP) is 3.57. The van der Waals surface area contributed by atoms with Crippen LogP contribution in [-0.2, 0) is 9.53 Å². The number of rotatable bonds is 6. The van der Waals surface area contributed by atoms with Crippen LogP contribution in [0.1, 0.15) is 25.7 Å². The molecule has 1 atom stereocenters. The van der Waals surface area contributed by atoms with E-state index in [9.17, 15) is 4.79 Å². The number of hydrogen-bond donors (Lipinski definition) is 3. The molecule has 30 heavy (non-hydrogen) atoms. The summed E-state index contributed by atoms with van der Waals surface area (Å²) in [5.41, 5.74) is 1.49. The van der Waals surface area contributed by atoms with E-state index >= 15 is 0 Å². The zero-order chi connectivity index (χ0) is 20.8. The lowest BCUT2D eigenvalue weighted by Gasteiger charge is -2.22. The van der Waals surface area contributed by atoms with Crippen molar-refractivity contribution in [2.75, 3.05) is 43.5 Å². The fourth-order valence-electron chi connectivity index (χ4n) is 3.89. The SMILES string of the molecule is O=C(Nc1cc(-c2cccc(NCC3CCOCC3)n2)c(Cl)cn1)[C@H]1CCCNC1. The van der Waals surface area contributed by atoms with Crippen LogP contribution in [0.2, 0.25) is 5.02 Å². The van der Waals surface area contributed by atoms with E-state index in [1.807, 2.05) is 18.2 Å². The maximum atomic E-state index is 12.5. The third-order valence-electron chi connectivity index (χ3n) is 5.71. The summed E-state index contributed by atoms with van der Waals surface area (Å²) in [7, 11) is 0. The normalized spacial score (nSPS) is 20.0. The van der Waals surface area contributed by atoms with Gasteiger partial charge in [-0.15, -0.1) is 0 Å². The van der Waals surface area contributed by atoms with Crippen molar-refractivity contribution in [3.63, 3.8) is 0 Å². The zero-order valence-corrected chi connectivity index (χ0v) is 17.8. The molecule has 1 amide bonds. The smallest absolute Gasteiger partial charge is 0.229 e. The van der Waals surface area contributed by atoms with Crippen molar-refractivity contribution in [2.45, 2.75) is 25.7 Å². The Morgan fingerprint density at radius 2 is 2.10 bits per heavy atom. The first-order valence-electron chi connectivity index (χ1n) is 10.7. The largest absolute Gasteiger partial charge is 0.381 e. The molecule has 4 rings (SSSR count). The predicted molar refractivity (Wildman–Crippen MR) is 119 cm³/mol. The molecule has 4 heterocycles. The van der Waals surface area contributed by atoms with E-state index in [-0.39, 0.29) is 11.8 Å². The first-order chi connectivity index (χ1) is 14.7. The van der Waals surface area contributed by atoms with Crippen LogP contribution < -0.4 is 16.0 Å². The van der Waals surface area contributed by atoms with Crippen molar-refractivity contribution in [3.05, 3.63) is 35.5 Å². The molecular weight excluding hydrogens is 402 g/mol. The van der Waals surface area contributed by atoms with Crippen molar-refractivity contribution < 1.29 is 9.53 Å². The van der Waals surface area contributed by atoms with Crippen molar-refractivity contribution >= 4 is 29.1 Å². The zero-order valence-electron chi connectivity index (χ0n) is 17.0. The molecule has 8 heteroatoms. The number of pyridine rings is 2. The molecule has 2 fully saturated rings. The van der Waals surface area contributed by atoms with Gasteiger partial charge in [0.1, 0.15) is 11.6 Å². The second kappa shape index (κ2) is 10.2. The monoisotopic (exact) mass is 429 g/mol. The van der Waals surface area contributed by atoms with Crippen LogP contribution in [0.4, 0.5) is 11.6 Å². The fraction of sp³-hybridized carbons (Fsp3) is 0.500. The first-order valence-corrected chi connectivity index (χ1v) is 11.0. The quantitative estimate of drug-likeness (QED) is 0.650. The Bertz CT molecular complexity index is 866. The van der Waals surface area contributed by atoms with E-state index < -0.39 is 0 Å². The molecule has 0 aliphatic carbocycles. The molecule has 2 aromatic heterocycles. The second-order valence-corrected chi connectivity index (χ2v) is 8.33. The molecule has 0 bridgehead atoms. The van der Waals surface area contributed by atoms with Gasteiger partial charge >= 0.3 is 0 Å². The van der Waals surface area contributed by atoms with E-state index in [1.54, 1.807) is 12.3 Å².